The van der Waals surface area contributed by atoms with E-state index in [4.69, 9.17) is 5.73 Å². The Morgan fingerprint density at radius 3 is 2.44 bits per heavy atom. The smallest absolute Gasteiger partial charge is 0.238 e. The van der Waals surface area contributed by atoms with Crippen molar-refractivity contribution in [3.05, 3.63) is 0 Å². The average molecular weight is 253 g/mol. The first-order chi connectivity index (χ1) is 8.56. The molecule has 0 aromatic rings. The molecule has 2 aliphatic rings. The highest BCUT2D eigenvalue weighted by molar-refractivity contribution is 5.83. The van der Waals surface area contributed by atoms with Crippen LogP contribution in [-0.2, 0) is 4.79 Å². The number of amides is 1. The molecule has 1 unspecified atom stereocenters. The number of nitrogens with one attached hydrogen (secondary N) is 1. The minimum atomic E-state index is -0.142. The fourth-order valence-corrected chi connectivity index (χ4v) is 3.57. The molecule has 18 heavy (non-hydrogen) atoms. The topological polar surface area (TPSA) is 58.4 Å². The van der Waals surface area contributed by atoms with E-state index < -0.39 is 0 Å². The molecule has 0 aromatic carbocycles. The quantitative estimate of drug-likeness (QED) is 0.728. The van der Waals surface area contributed by atoms with Gasteiger partial charge in [0.25, 0.3) is 0 Å². The van der Waals surface area contributed by atoms with Gasteiger partial charge in [0, 0.05) is 24.7 Å². The molecule has 2 rings (SSSR count). The van der Waals surface area contributed by atoms with Crippen LogP contribution in [0.1, 0.15) is 52.4 Å². The molecule has 1 saturated carbocycles. The predicted molar refractivity (Wildman–Crippen MR) is 73.3 cm³/mol. The summed E-state index contributed by atoms with van der Waals surface area (Å²) in [6.45, 7) is 5.60. The van der Waals surface area contributed by atoms with Gasteiger partial charge in [-0.25, -0.2) is 0 Å². The summed E-state index contributed by atoms with van der Waals surface area (Å²) in [5.74, 6) is 0.112. The molecule has 0 aromatic heterocycles. The molecule has 1 aliphatic carbocycles. The van der Waals surface area contributed by atoms with Crippen LogP contribution in [0.4, 0.5) is 0 Å². The molecular formula is C14H27N3O. The Hall–Kier alpha value is -0.610. The van der Waals surface area contributed by atoms with Crippen LogP contribution in [0.25, 0.3) is 0 Å². The number of carbonyl (C=O) groups excluding carboxylic acids is 1. The maximum absolute atomic E-state index is 12.0. The third-order valence-electron chi connectivity index (χ3n) is 4.47. The lowest BCUT2D eigenvalue weighted by molar-refractivity contribution is -0.136. The van der Waals surface area contributed by atoms with Gasteiger partial charge in [0.2, 0.25) is 5.91 Å². The fourth-order valence-electron chi connectivity index (χ4n) is 3.57. The molecule has 104 valence electrons. The van der Waals surface area contributed by atoms with E-state index >= 15 is 0 Å². The largest absolute Gasteiger partial charge is 0.353 e. The van der Waals surface area contributed by atoms with Crippen molar-refractivity contribution in [3.63, 3.8) is 0 Å². The molecule has 1 atom stereocenters. The van der Waals surface area contributed by atoms with E-state index in [0.29, 0.717) is 12.6 Å². The van der Waals surface area contributed by atoms with Crippen molar-refractivity contribution < 1.29 is 4.79 Å². The molecule has 3 N–H and O–H groups in total. The molecule has 0 radical (unpaired) electrons. The van der Waals surface area contributed by atoms with Gasteiger partial charge in [0.1, 0.15) is 6.04 Å². The number of nitrogens with zero attached hydrogens (tertiary/aromatic N) is 1. The van der Waals surface area contributed by atoms with Crippen LogP contribution in [0, 0.1) is 0 Å². The Morgan fingerprint density at radius 2 is 1.89 bits per heavy atom. The SMILES string of the molecule is CC1(C)CNC(=O)C(CN)N1C1CCCCCC1. The van der Waals surface area contributed by atoms with Crippen molar-refractivity contribution >= 4 is 5.91 Å². The monoisotopic (exact) mass is 253 g/mol. The van der Waals surface area contributed by atoms with Gasteiger partial charge in [-0.1, -0.05) is 25.7 Å². The lowest BCUT2D eigenvalue weighted by atomic mass is 9.90. The zero-order chi connectivity index (χ0) is 13.2. The molecular weight excluding hydrogens is 226 g/mol. The first-order valence-corrected chi connectivity index (χ1v) is 7.32. The van der Waals surface area contributed by atoms with Gasteiger partial charge >= 0.3 is 0 Å². The molecule has 0 spiro atoms. The second-order valence-electron chi connectivity index (χ2n) is 6.33. The fraction of sp³-hybridized carbons (Fsp3) is 0.929. The number of rotatable bonds is 2. The first-order valence-electron chi connectivity index (χ1n) is 7.32. The Labute approximate surface area is 110 Å². The van der Waals surface area contributed by atoms with Crippen molar-refractivity contribution in [2.45, 2.75) is 70.0 Å². The van der Waals surface area contributed by atoms with Crippen LogP contribution in [0.15, 0.2) is 0 Å². The Kier molecular flexibility index (Phi) is 4.28. The first kappa shape index (κ1) is 13.8. The van der Waals surface area contributed by atoms with Crippen molar-refractivity contribution in [2.24, 2.45) is 5.73 Å². The minimum absolute atomic E-state index is 0.0208. The second kappa shape index (κ2) is 5.57. The van der Waals surface area contributed by atoms with Crippen molar-refractivity contribution in [3.8, 4) is 0 Å². The van der Waals surface area contributed by atoms with E-state index in [1.54, 1.807) is 0 Å². The van der Waals surface area contributed by atoms with E-state index in [1.807, 2.05) is 0 Å². The van der Waals surface area contributed by atoms with Crippen LogP contribution in [0.5, 0.6) is 0 Å². The molecule has 2 fully saturated rings. The van der Waals surface area contributed by atoms with Crippen LogP contribution >= 0.6 is 0 Å². The van der Waals surface area contributed by atoms with Crippen molar-refractivity contribution in [2.75, 3.05) is 13.1 Å². The summed E-state index contributed by atoms with van der Waals surface area (Å²) < 4.78 is 0. The van der Waals surface area contributed by atoms with Crippen molar-refractivity contribution in [1.29, 1.82) is 0 Å². The maximum atomic E-state index is 12.0. The Morgan fingerprint density at radius 1 is 1.28 bits per heavy atom. The number of nitrogens with two attached hydrogens (primary N) is 1. The maximum Gasteiger partial charge on any atom is 0.238 e. The Balaban J connectivity index is 2.19. The third-order valence-corrected chi connectivity index (χ3v) is 4.47. The number of piperazine rings is 1. The van der Waals surface area contributed by atoms with Gasteiger partial charge in [-0.15, -0.1) is 0 Å². The number of hydrogen-bond donors (Lipinski definition) is 2. The van der Waals surface area contributed by atoms with E-state index in [-0.39, 0.29) is 17.5 Å². The van der Waals surface area contributed by atoms with Gasteiger partial charge in [-0.3, -0.25) is 9.69 Å². The van der Waals surface area contributed by atoms with Crippen LogP contribution in [-0.4, -0.2) is 41.5 Å². The summed E-state index contributed by atoms with van der Waals surface area (Å²) in [4.78, 5) is 14.4. The highest BCUT2D eigenvalue weighted by Gasteiger charge is 2.43. The Bertz CT molecular complexity index is 295. The van der Waals surface area contributed by atoms with Gasteiger partial charge in [0.15, 0.2) is 0 Å². The van der Waals surface area contributed by atoms with Gasteiger partial charge in [-0.2, -0.15) is 0 Å². The molecule has 1 aliphatic heterocycles. The molecule has 1 amide bonds. The highest BCUT2D eigenvalue weighted by Crippen LogP contribution is 2.31. The van der Waals surface area contributed by atoms with Gasteiger partial charge in [-0.05, 0) is 26.7 Å². The molecule has 4 heteroatoms. The summed E-state index contributed by atoms with van der Waals surface area (Å²) in [6.07, 6.45) is 7.68. The average Bonchev–Trinajstić information content (AvgIpc) is 2.60. The summed E-state index contributed by atoms with van der Waals surface area (Å²) in [6, 6.07) is 0.388. The third kappa shape index (κ3) is 2.69. The van der Waals surface area contributed by atoms with Crippen molar-refractivity contribution in [1.82, 2.24) is 10.2 Å². The molecule has 4 nitrogen and oxygen atoms in total. The zero-order valence-corrected chi connectivity index (χ0v) is 11.7. The zero-order valence-electron chi connectivity index (χ0n) is 11.7. The summed E-state index contributed by atoms with van der Waals surface area (Å²) in [5.41, 5.74) is 5.87. The number of hydrogen-bond acceptors (Lipinski definition) is 3. The second-order valence-corrected chi connectivity index (χ2v) is 6.33. The summed E-state index contributed by atoms with van der Waals surface area (Å²) >= 11 is 0. The minimum Gasteiger partial charge on any atom is -0.353 e. The van der Waals surface area contributed by atoms with E-state index in [1.165, 1.54) is 38.5 Å². The van der Waals surface area contributed by atoms with E-state index in [0.717, 1.165) is 6.54 Å². The van der Waals surface area contributed by atoms with Crippen LogP contribution < -0.4 is 11.1 Å². The lowest BCUT2D eigenvalue weighted by Crippen LogP contribution is -2.69. The predicted octanol–water partition coefficient (Wildman–Crippen LogP) is 1.25. The van der Waals surface area contributed by atoms with E-state index in [2.05, 4.69) is 24.1 Å². The summed E-state index contributed by atoms with van der Waals surface area (Å²) in [5, 5.41) is 3.00. The molecule has 1 heterocycles. The van der Waals surface area contributed by atoms with Crippen LogP contribution in [0.3, 0.4) is 0 Å². The van der Waals surface area contributed by atoms with Gasteiger partial charge < -0.3 is 11.1 Å². The molecule has 0 bridgehead atoms. The standard InChI is InChI=1S/C14H27N3O/c1-14(2)10-16-13(18)12(9-15)17(14)11-7-5-3-4-6-8-11/h11-12H,3-10,15H2,1-2H3,(H,16,18). The van der Waals surface area contributed by atoms with E-state index in [9.17, 15) is 4.79 Å². The summed E-state index contributed by atoms with van der Waals surface area (Å²) in [7, 11) is 0. The lowest BCUT2D eigenvalue weighted by Gasteiger charge is -2.50. The normalized spacial score (nSPS) is 30.8. The highest BCUT2D eigenvalue weighted by atomic mass is 16.2. The number of carbonyl (C=O) groups is 1. The molecule has 1 saturated heterocycles. The van der Waals surface area contributed by atoms with Gasteiger partial charge in [0.05, 0.1) is 0 Å². The van der Waals surface area contributed by atoms with Crippen LogP contribution in [0.2, 0.25) is 0 Å².